The fraction of sp³-hybridized carbons (Fsp3) is 0.562. The van der Waals surface area contributed by atoms with Gasteiger partial charge in [0.1, 0.15) is 0 Å². The number of aliphatic carboxylic acids is 1. The second kappa shape index (κ2) is 7.09. The van der Waals surface area contributed by atoms with Crippen molar-refractivity contribution in [2.24, 2.45) is 11.8 Å². The molecule has 0 amide bonds. The Balaban J connectivity index is 1.90. The lowest BCUT2D eigenvalue weighted by molar-refractivity contribution is -0.144. The summed E-state index contributed by atoms with van der Waals surface area (Å²) in [5.74, 6) is -0.583. The van der Waals surface area contributed by atoms with E-state index in [1.165, 1.54) is 5.56 Å². The van der Waals surface area contributed by atoms with Crippen LogP contribution in [-0.2, 0) is 4.79 Å². The molecule has 0 aliphatic heterocycles. The van der Waals surface area contributed by atoms with Crippen molar-refractivity contribution in [1.82, 2.24) is 5.32 Å². The van der Waals surface area contributed by atoms with E-state index in [-0.39, 0.29) is 17.9 Å². The molecule has 4 heteroatoms. The predicted molar refractivity (Wildman–Crippen MR) is 81.0 cm³/mol. The molecule has 1 aromatic rings. The van der Waals surface area contributed by atoms with Crippen LogP contribution in [-0.4, -0.2) is 17.6 Å². The maximum absolute atomic E-state index is 11.3. The summed E-state index contributed by atoms with van der Waals surface area (Å²) >= 11 is 5.88. The quantitative estimate of drug-likeness (QED) is 0.866. The van der Waals surface area contributed by atoms with Crippen molar-refractivity contribution in [1.29, 1.82) is 0 Å². The van der Waals surface area contributed by atoms with Gasteiger partial charge in [0.2, 0.25) is 0 Å². The lowest BCUT2D eigenvalue weighted by atomic mass is 9.79. The lowest BCUT2D eigenvalue weighted by Crippen LogP contribution is -2.35. The SMILES string of the molecule is CC(NCC1CCCCC1C(=O)O)c1ccc(Cl)cc1. The first-order valence-electron chi connectivity index (χ1n) is 7.29. The summed E-state index contributed by atoms with van der Waals surface area (Å²) in [5, 5.41) is 13.5. The molecular formula is C16H22ClNO2. The van der Waals surface area contributed by atoms with Gasteiger partial charge in [0.05, 0.1) is 5.92 Å². The van der Waals surface area contributed by atoms with Gasteiger partial charge in [0, 0.05) is 11.1 Å². The second-order valence-corrected chi connectivity index (χ2v) is 6.11. The van der Waals surface area contributed by atoms with Gasteiger partial charge in [-0.05, 0) is 49.9 Å². The third kappa shape index (κ3) is 3.97. The first-order valence-corrected chi connectivity index (χ1v) is 7.67. The third-order valence-electron chi connectivity index (χ3n) is 4.28. The maximum atomic E-state index is 11.3. The molecule has 1 aliphatic carbocycles. The standard InChI is InChI=1S/C16H22ClNO2/c1-11(12-6-8-14(17)9-7-12)18-10-13-4-2-3-5-15(13)16(19)20/h6-9,11,13,15,18H,2-5,10H2,1H3,(H,19,20). The molecule has 0 heterocycles. The maximum Gasteiger partial charge on any atom is 0.306 e. The van der Waals surface area contributed by atoms with Gasteiger partial charge in [0.25, 0.3) is 0 Å². The zero-order valence-corrected chi connectivity index (χ0v) is 12.6. The minimum Gasteiger partial charge on any atom is -0.481 e. The Morgan fingerprint density at radius 2 is 2.00 bits per heavy atom. The van der Waals surface area contributed by atoms with Crippen LogP contribution in [0.25, 0.3) is 0 Å². The van der Waals surface area contributed by atoms with Crippen LogP contribution < -0.4 is 5.32 Å². The highest BCUT2D eigenvalue weighted by molar-refractivity contribution is 6.30. The summed E-state index contributed by atoms with van der Waals surface area (Å²) in [6.45, 7) is 2.86. The van der Waals surface area contributed by atoms with Crippen molar-refractivity contribution in [3.05, 3.63) is 34.9 Å². The first-order chi connectivity index (χ1) is 9.58. The van der Waals surface area contributed by atoms with Crippen molar-refractivity contribution in [3.63, 3.8) is 0 Å². The van der Waals surface area contributed by atoms with Gasteiger partial charge in [0.15, 0.2) is 0 Å². The van der Waals surface area contributed by atoms with Crippen LogP contribution in [0.5, 0.6) is 0 Å². The summed E-state index contributed by atoms with van der Waals surface area (Å²) in [4.78, 5) is 11.3. The summed E-state index contributed by atoms with van der Waals surface area (Å²) < 4.78 is 0. The predicted octanol–water partition coefficient (Wildman–Crippen LogP) is 3.88. The monoisotopic (exact) mass is 295 g/mol. The van der Waals surface area contributed by atoms with Crippen molar-refractivity contribution in [2.45, 2.75) is 38.6 Å². The number of hydrogen-bond donors (Lipinski definition) is 2. The normalized spacial score (nSPS) is 24.3. The van der Waals surface area contributed by atoms with E-state index >= 15 is 0 Å². The van der Waals surface area contributed by atoms with Crippen LogP contribution in [0.4, 0.5) is 0 Å². The van der Waals surface area contributed by atoms with E-state index in [2.05, 4.69) is 12.2 Å². The fourth-order valence-electron chi connectivity index (χ4n) is 2.97. The Hall–Kier alpha value is -1.06. The van der Waals surface area contributed by atoms with E-state index in [9.17, 15) is 9.90 Å². The highest BCUT2D eigenvalue weighted by atomic mass is 35.5. The third-order valence-corrected chi connectivity index (χ3v) is 4.53. The molecule has 0 spiro atoms. The summed E-state index contributed by atoms with van der Waals surface area (Å²) in [7, 11) is 0. The number of halogens is 1. The lowest BCUT2D eigenvalue weighted by Gasteiger charge is -2.30. The molecule has 3 unspecified atom stereocenters. The van der Waals surface area contributed by atoms with Crippen LogP contribution in [0, 0.1) is 11.8 Å². The van der Waals surface area contributed by atoms with Gasteiger partial charge < -0.3 is 10.4 Å². The second-order valence-electron chi connectivity index (χ2n) is 5.67. The van der Waals surface area contributed by atoms with Crippen LogP contribution in [0.15, 0.2) is 24.3 Å². The van der Waals surface area contributed by atoms with Crippen LogP contribution in [0.3, 0.4) is 0 Å². The van der Waals surface area contributed by atoms with Crippen molar-refractivity contribution >= 4 is 17.6 Å². The Bertz CT molecular complexity index is 446. The molecule has 2 N–H and O–H groups in total. The van der Waals surface area contributed by atoms with Gasteiger partial charge in [-0.25, -0.2) is 0 Å². The number of rotatable bonds is 5. The zero-order valence-electron chi connectivity index (χ0n) is 11.8. The Morgan fingerprint density at radius 1 is 1.35 bits per heavy atom. The molecule has 1 aromatic carbocycles. The Morgan fingerprint density at radius 3 is 2.65 bits per heavy atom. The highest BCUT2D eigenvalue weighted by Crippen LogP contribution is 2.30. The van der Waals surface area contributed by atoms with Gasteiger partial charge in [-0.15, -0.1) is 0 Å². The molecule has 0 aromatic heterocycles. The van der Waals surface area contributed by atoms with Crippen LogP contribution >= 0.6 is 11.6 Å². The molecule has 0 radical (unpaired) electrons. The van der Waals surface area contributed by atoms with Gasteiger partial charge in [-0.1, -0.05) is 36.6 Å². The van der Waals surface area contributed by atoms with Crippen molar-refractivity contribution in [3.8, 4) is 0 Å². The van der Waals surface area contributed by atoms with E-state index in [0.29, 0.717) is 0 Å². The van der Waals surface area contributed by atoms with Crippen molar-refractivity contribution < 1.29 is 9.90 Å². The molecule has 110 valence electrons. The molecule has 3 nitrogen and oxygen atoms in total. The van der Waals surface area contributed by atoms with E-state index in [4.69, 9.17) is 11.6 Å². The number of hydrogen-bond acceptors (Lipinski definition) is 2. The molecule has 1 fully saturated rings. The summed E-state index contributed by atoms with van der Waals surface area (Å²) in [6, 6.07) is 8.00. The van der Waals surface area contributed by atoms with E-state index in [1.54, 1.807) is 0 Å². The molecule has 0 bridgehead atoms. The van der Waals surface area contributed by atoms with Crippen LogP contribution in [0.2, 0.25) is 5.02 Å². The molecule has 1 saturated carbocycles. The number of carbonyl (C=O) groups is 1. The molecule has 3 atom stereocenters. The number of carboxylic acids is 1. The minimum atomic E-state index is -0.643. The largest absolute Gasteiger partial charge is 0.481 e. The van der Waals surface area contributed by atoms with Gasteiger partial charge in [-0.2, -0.15) is 0 Å². The van der Waals surface area contributed by atoms with E-state index in [1.807, 2.05) is 24.3 Å². The minimum absolute atomic E-state index is 0.186. The summed E-state index contributed by atoms with van der Waals surface area (Å²) in [5.41, 5.74) is 1.18. The zero-order chi connectivity index (χ0) is 14.5. The van der Waals surface area contributed by atoms with E-state index in [0.717, 1.165) is 37.3 Å². The Labute approximate surface area is 125 Å². The molecule has 2 rings (SSSR count). The molecule has 20 heavy (non-hydrogen) atoms. The molecular weight excluding hydrogens is 274 g/mol. The van der Waals surface area contributed by atoms with Crippen molar-refractivity contribution in [2.75, 3.05) is 6.54 Å². The highest BCUT2D eigenvalue weighted by Gasteiger charge is 2.30. The topological polar surface area (TPSA) is 49.3 Å². The van der Waals surface area contributed by atoms with Crippen LogP contribution in [0.1, 0.15) is 44.2 Å². The molecule has 1 aliphatic rings. The number of carboxylic acid groups (broad SMARTS) is 1. The Kier molecular flexibility index (Phi) is 5.44. The van der Waals surface area contributed by atoms with Gasteiger partial charge >= 0.3 is 5.97 Å². The first kappa shape index (κ1) is 15.3. The van der Waals surface area contributed by atoms with Gasteiger partial charge in [-0.3, -0.25) is 4.79 Å². The fourth-order valence-corrected chi connectivity index (χ4v) is 3.10. The molecule has 0 saturated heterocycles. The average Bonchev–Trinajstić information content (AvgIpc) is 2.45. The average molecular weight is 296 g/mol. The summed E-state index contributed by atoms with van der Waals surface area (Å²) in [6.07, 6.45) is 4.01. The number of benzene rings is 1. The number of nitrogens with one attached hydrogen (secondary N) is 1. The smallest absolute Gasteiger partial charge is 0.306 e. The van der Waals surface area contributed by atoms with E-state index < -0.39 is 5.97 Å².